The number of guanidine groups is 1. The number of ketones is 2. The SMILES string of the molecule is CC(C)(C)[C@H](CC(=O)[C@H](CCCN=C(N)N)NC(=O)[C@@H]1CSCc2cccc(c2)C/C=C/CC(=O)N2CCC[C@H]2C(=O)N[C@@H](C2CCCCC2)C(=O)C1)C(N)=O. The van der Waals surface area contributed by atoms with E-state index in [0.29, 0.717) is 43.7 Å². The molecular weight excluding hydrogens is 731 g/mol. The summed E-state index contributed by atoms with van der Waals surface area (Å²) in [7, 11) is 0. The molecule has 13 nitrogen and oxygen atoms in total. The summed E-state index contributed by atoms with van der Waals surface area (Å²) in [6.45, 7) is 6.23. The molecule has 1 saturated carbocycles. The van der Waals surface area contributed by atoms with Crippen molar-refractivity contribution in [3.8, 4) is 0 Å². The van der Waals surface area contributed by atoms with E-state index < -0.39 is 47.2 Å². The van der Waals surface area contributed by atoms with Gasteiger partial charge in [-0.2, -0.15) is 11.8 Å². The molecule has 0 unspecified atom stereocenters. The van der Waals surface area contributed by atoms with E-state index in [9.17, 15) is 28.8 Å². The summed E-state index contributed by atoms with van der Waals surface area (Å²) in [5.41, 5.74) is 18.3. The van der Waals surface area contributed by atoms with Crippen LogP contribution in [0.15, 0.2) is 41.4 Å². The Morgan fingerprint density at radius 3 is 2.39 bits per heavy atom. The van der Waals surface area contributed by atoms with Crippen LogP contribution in [0.3, 0.4) is 0 Å². The smallest absolute Gasteiger partial charge is 0.243 e. The second kappa shape index (κ2) is 21.4. The molecule has 0 radical (unpaired) electrons. The molecule has 3 aliphatic rings. The maximum atomic E-state index is 14.5. The van der Waals surface area contributed by atoms with E-state index in [1.807, 2.05) is 51.1 Å². The monoisotopic (exact) mass is 793 g/mol. The van der Waals surface area contributed by atoms with Crippen LogP contribution < -0.4 is 27.8 Å². The van der Waals surface area contributed by atoms with Crippen molar-refractivity contribution in [2.75, 3.05) is 18.8 Å². The van der Waals surface area contributed by atoms with Crippen molar-refractivity contribution in [2.24, 2.45) is 45.4 Å². The number of nitrogens with one attached hydrogen (secondary N) is 2. The zero-order valence-corrected chi connectivity index (χ0v) is 34.2. The fourth-order valence-electron chi connectivity index (χ4n) is 8.08. The number of rotatable bonds is 11. The summed E-state index contributed by atoms with van der Waals surface area (Å²) in [6, 6.07) is 5.69. The molecule has 4 rings (SSSR count). The lowest BCUT2D eigenvalue weighted by atomic mass is 9.76. The number of Topliss-reactive ketones (excluding diaryl/α,β-unsaturated/α-hetero) is 2. The van der Waals surface area contributed by atoms with Gasteiger partial charge in [-0.1, -0.05) is 76.5 Å². The van der Waals surface area contributed by atoms with Crippen molar-refractivity contribution in [1.82, 2.24) is 15.5 Å². The van der Waals surface area contributed by atoms with Crippen LogP contribution in [-0.2, 0) is 40.9 Å². The Morgan fingerprint density at radius 2 is 1.70 bits per heavy atom. The number of allylic oxidation sites excluding steroid dienone is 1. The van der Waals surface area contributed by atoms with E-state index >= 15 is 0 Å². The maximum Gasteiger partial charge on any atom is 0.243 e. The molecule has 4 amide bonds. The molecule has 1 saturated heterocycles. The van der Waals surface area contributed by atoms with Gasteiger partial charge in [0.15, 0.2) is 17.5 Å². The summed E-state index contributed by atoms with van der Waals surface area (Å²) in [5.74, 6) is -2.97. The van der Waals surface area contributed by atoms with E-state index in [1.165, 1.54) is 11.8 Å². The predicted octanol–water partition coefficient (Wildman–Crippen LogP) is 3.70. The summed E-state index contributed by atoms with van der Waals surface area (Å²) < 4.78 is 0. The molecule has 1 aliphatic carbocycles. The minimum absolute atomic E-state index is 0.0874. The fourth-order valence-corrected chi connectivity index (χ4v) is 9.17. The van der Waals surface area contributed by atoms with Crippen molar-refractivity contribution >= 4 is 52.9 Å². The molecule has 2 aliphatic heterocycles. The van der Waals surface area contributed by atoms with Crippen LogP contribution in [0.2, 0.25) is 0 Å². The van der Waals surface area contributed by atoms with Crippen LogP contribution in [0, 0.1) is 23.2 Å². The zero-order valence-electron chi connectivity index (χ0n) is 33.4. The summed E-state index contributed by atoms with van der Waals surface area (Å²) >= 11 is 1.53. The molecule has 14 heteroatoms. The topological polar surface area (TPSA) is 220 Å². The molecular formula is C42H63N7O6S. The van der Waals surface area contributed by atoms with Crippen molar-refractivity contribution in [2.45, 2.75) is 128 Å². The first kappa shape index (κ1) is 44.5. The summed E-state index contributed by atoms with van der Waals surface area (Å²) in [6.07, 6.45) is 10.7. The van der Waals surface area contributed by atoms with E-state index in [2.05, 4.69) is 21.7 Å². The Hall–Kier alpha value is -4.20. The van der Waals surface area contributed by atoms with Gasteiger partial charge in [-0.05, 0) is 67.4 Å². The average molecular weight is 794 g/mol. The number of hydrogen-bond donors (Lipinski definition) is 5. The maximum absolute atomic E-state index is 14.5. The number of fused-ring (bicyclic) bond motifs is 3. The minimum Gasteiger partial charge on any atom is -0.370 e. The number of primary amides is 1. The second-order valence-electron chi connectivity index (χ2n) is 16.7. The largest absolute Gasteiger partial charge is 0.370 e. The highest BCUT2D eigenvalue weighted by Crippen LogP contribution is 2.31. The van der Waals surface area contributed by atoms with Crippen molar-refractivity contribution in [1.29, 1.82) is 0 Å². The van der Waals surface area contributed by atoms with Crippen LogP contribution in [0.25, 0.3) is 0 Å². The normalized spacial score (nSPS) is 23.7. The van der Waals surface area contributed by atoms with Gasteiger partial charge < -0.3 is 32.7 Å². The van der Waals surface area contributed by atoms with Gasteiger partial charge in [0.2, 0.25) is 23.6 Å². The second-order valence-corrected chi connectivity index (χ2v) is 17.7. The van der Waals surface area contributed by atoms with Gasteiger partial charge in [0.05, 0.1) is 18.0 Å². The van der Waals surface area contributed by atoms with Gasteiger partial charge in [-0.3, -0.25) is 33.8 Å². The van der Waals surface area contributed by atoms with Crippen LogP contribution in [0.4, 0.5) is 0 Å². The summed E-state index contributed by atoms with van der Waals surface area (Å²) in [5, 5.41) is 6.04. The number of amides is 4. The van der Waals surface area contributed by atoms with Crippen LogP contribution in [-0.4, -0.2) is 83.0 Å². The van der Waals surface area contributed by atoms with Gasteiger partial charge in [0, 0.05) is 49.8 Å². The van der Waals surface area contributed by atoms with Gasteiger partial charge in [0.1, 0.15) is 6.04 Å². The molecule has 2 heterocycles. The number of hydrogen-bond acceptors (Lipinski definition) is 8. The summed E-state index contributed by atoms with van der Waals surface area (Å²) in [4.78, 5) is 88.1. The highest BCUT2D eigenvalue weighted by atomic mass is 32.2. The first-order chi connectivity index (χ1) is 26.6. The third kappa shape index (κ3) is 13.5. The number of carbonyl (C=O) groups is 6. The Labute approximate surface area is 336 Å². The van der Waals surface area contributed by atoms with E-state index in [-0.39, 0.29) is 67.5 Å². The molecule has 0 aromatic heterocycles. The molecule has 1 aromatic carbocycles. The van der Waals surface area contributed by atoms with Crippen molar-refractivity contribution in [3.63, 3.8) is 0 Å². The van der Waals surface area contributed by atoms with E-state index in [4.69, 9.17) is 17.2 Å². The molecule has 308 valence electrons. The van der Waals surface area contributed by atoms with Gasteiger partial charge in [-0.15, -0.1) is 0 Å². The lowest BCUT2D eigenvalue weighted by molar-refractivity contribution is -0.139. The third-order valence-corrected chi connectivity index (χ3v) is 12.5. The Morgan fingerprint density at radius 1 is 0.982 bits per heavy atom. The molecule has 2 fully saturated rings. The lowest BCUT2D eigenvalue weighted by Crippen LogP contribution is -2.54. The Bertz CT molecular complexity index is 1610. The number of nitrogens with zero attached hydrogens (tertiary/aromatic N) is 2. The average Bonchev–Trinajstić information content (AvgIpc) is 3.65. The van der Waals surface area contributed by atoms with Crippen molar-refractivity contribution < 1.29 is 28.8 Å². The number of thioether (sulfide) groups is 1. The number of aliphatic imine (C=N–C) groups is 1. The molecule has 5 atom stereocenters. The minimum atomic E-state index is -0.970. The third-order valence-electron chi connectivity index (χ3n) is 11.3. The van der Waals surface area contributed by atoms with Crippen LogP contribution >= 0.6 is 11.8 Å². The number of carbonyl (C=O) groups excluding carboxylic acids is 6. The van der Waals surface area contributed by atoms with Gasteiger partial charge in [0.25, 0.3) is 0 Å². The van der Waals surface area contributed by atoms with Crippen LogP contribution in [0.1, 0.15) is 109 Å². The number of benzene rings is 1. The Kier molecular flexibility index (Phi) is 17.0. The molecule has 0 spiro atoms. The zero-order chi connectivity index (χ0) is 40.8. The lowest BCUT2D eigenvalue weighted by Gasteiger charge is -2.33. The highest BCUT2D eigenvalue weighted by molar-refractivity contribution is 7.98. The quantitative estimate of drug-likeness (QED) is 0.0953. The highest BCUT2D eigenvalue weighted by Gasteiger charge is 2.40. The Balaban J connectivity index is 1.65. The first-order valence-corrected chi connectivity index (χ1v) is 21.4. The molecule has 8 N–H and O–H groups in total. The molecule has 56 heavy (non-hydrogen) atoms. The van der Waals surface area contributed by atoms with Gasteiger partial charge in [-0.25, -0.2) is 0 Å². The standard InChI is InChI=1S/C42H63N7O6S/c1-42(2,3)31(38(43)53)24-34(50)32(17-10-20-46-41(44)45)47-39(54)30-23-35(51)37(29-15-5-4-6-16-29)48-40(55)33-18-11-21-49(33)36(52)19-8-7-12-27-13-9-14-28(22-27)25-56-26-30/h7-9,13-14,22,29-33,37H,4-6,10-12,15-21,23-26H2,1-3H3,(H2,43,53)(H,47,54)(H,48,55)(H4,44,45,46)/b8-7+/t30-,31+,32-,33-,37-/m0/s1. The molecule has 2 bridgehead atoms. The predicted molar refractivity (Wildman–Crippen MR) is 220 cm³/mol. The van der Waals surface area contributed by atoms with E-state index in [1.54, 1.807) is 4.90 Å². The van der Waals surface area contributed by atoms with Gasteiger partial charge >= 0.3 is 0 Å². The fraction of sp³-hybridized carbons (Fsp3) is 0.643. The van der Waals surface area contributed by atoms with E-state index in [0.717, 1.165) is 43.2 Å². The van der Waals surface area contributed by atoms with Crippen molar-refractivity contribution in [3.05, 3.63) is 47.5 Å². The number of nitrogens with two attached hydrogens (primary N) is 3. The first-order valence-electron chi connectivity index (χ1n) is 20.2. The molecule has 1 aromatic rings. The van der Waals surface area contributed by atoms with Crippen LogP contribution in [0.5, 0.6) is 0 Å².